The normalized spacial score (nSPS) is 10.4. The molecule has 0 saturated heterocycles. The van der Waals surface area contributed by atoms with Gasteiger partial charge in [0.2, 0.25) is 0 Å². The van der Waals surface area contributed by atoms with Crippen LogP contribution in [0.3, 0.4) is 0 Å². The molecule has 2 rings (SSSR count). The van der Waals surface area contributed by atoms with Gasteiger partial charge in [-0.05, 0) is 23.7 Å². The fourth-order valence-electron chi connectivity index (χ4n) is 1.01. The first-order valence-electron chi connectivity index (χ1n) is 3.31. The van der Waals surface area contributed by atoms with Crippen LogP contribution in [0.2, 0.25) is 0 Å². The summed E-state index contributed by atoms with van der Waals surface area (Å²) >= 11 is 5.28. The van der Waals surface area contributed by atoms with Crippen LogP contribution in [0.4, 0.5) is 0 Å². The molecule has 0 spiro atoms. The van der Waals surface area contributed by atoms with E-state index < -0.39 is 5.24 Å². The predicted octanol–water partition coefficient (Wildman–Crippen LogP) is 2.21. The van der Waals surface area contributed by atoms with E-state index in [-0.39, 0.29) is 0 Å². The molecule has 3 nitrogen and oxygen atoms in total. The van der Waals surface area contributed by atoms with Crippen molar-refractivity contribution in [1.29, 1.82) is 0 Å². The monoisotopic (exact) mass is 181 g/mol. The molecule has 0 amide bonds. The van der Waals surface area contributed by atoms with Crippen molar-refractivity contribution in [3.63, 3.8) is 0 Å². The summed E-state index contributed by atoms with van der Waals surface area (Å²) in [6.07, 6.45) is 2.90. The quantitative estimate of drug-likeness (QED) is 0.634. The summed E-state index contributed by atoms with van der Waals surface area (Å²) in [4.78, 5) is 14.7. The molecule has 0 N–H and O–H groups in total. The van der Waals surface area contributed by atoms with Crippen LogP contribution in [0.25, 0.3) is 11.1 Å². The highest BCUT2D eigenvalue weighted by Crippen LogP contribution is 2.19. The van der Waals surface area contributed by atoms with Gasteiger partial charge in [-0.25, -0.2) is 0 Å². The topological polar surface area (TPSA) is 43.1 Å². The molecule has 0 unspecified atom stereocenters. The van der Waals surface area contributed by atoms with Crippen LogP contribution in [0.5, 0.6) is 0 Å². The van der Waals surface area contributed by atoms with E-state index in [0.29, 0.717) is 16.7 Å². The number of aromatic nitrogens is 1. The number of carbonyl (C=O) groups is 1. The third-order valence-corrected chi connectivity index (χ3v) is 1.74. The van der Waals surface area contributed by atoms with Gasteiger partial charge in [-0.3, -0.25) is 9.78 Å². The van der Waals surface area contributed by atoms with E-state index in [4.69, 9.17) is 16.0 Å². The number of halogens is 1. The van der Waals surface area contributed by atoms with Gasteiger partial charge in [0.05, 0.1) is 5.56 Å². The van der Waals surface area contributed by atoms with E-state index in [1.54, 1.807) is 18.3 Å². The molecule has 0 fully saturated rings. The number of carbonyl (C=O) groups excluding carboxylic acids is 1. The molecule has 60 valence electrons. The zero-order valence-electron chi connectivity index (χ0n) is 5.95. The molecule has 2 heterocycles. The van der Waals surface area contributed by atoms with Crippen molar-refractivity contribution < 1.29 is 9.21 Å². The Morgan fingerprint density at radius 1 is 1.58 bits per heavy atom. The summed E-state index contributed by atoms with van der Waals surface area (Å²) in [6.45, 7) is 0. The second-order valence-corrected chi connectivity index (χ2v) is 2.62. The molecule has 0 aliphatic carbocycles. The lowest BCUT2D eigenvalue weighted by atomic mass is 10.3. The van der Waals surface area contributed by atoms with Crippen LogP contribution in [0.15, 0.2) is 29.0 Å². The number of rotatable bonds is 1. The second kappa shape index (κ2) is 2.60. The van der Waals surface area contributed by atoms with Gasteiger partial charge >= 0.3 is 0 Å². The van der Waals surface area contributed by atoms with Gasteiger partial charge in [-0.2, -0.15) is 0 Å². The molecule has 0 radical (unpaired) electrons. The Morgan fingerprint density at radius 3 is 3.17 bits per heavy atom. The molecule has 0 aliphatic rings. The number of fused-ring (bicyclic) bond motifs is 1. The Bertz CT molecular complexity index is 435. The Morgan fingerprint density at radius 2 is 2.42 bits per heavy atom. The van der Waals surface area contributed by atoms with Gasteiger partial charge in [0.25, 0.3) is 5.24 Å². The summed E-state index contributed by atoms with van der Waals surface area (Å²) in [5, 5.41) is -0.549. The lowest BCUT2D eigenvalue weighted by molar-refractivity contribution is 0.108. The maximum atomic E-state index is 10.8. The van der Waals surface area contributed by atoms with Crippen LogP contribution >= 0.6 is 11.6 Å². The minimum Gasteiger partial charge on any atom is -0.462 e. The standard InChI is InChI=1S/C8H4ClNO2/c9-8(11)5-4-12-6-2-1-3-10-7(5)6/h1-4H. The first-order chi connectivity index (χ1) is 5.79. The van der Waals surface area contributed by atoms with Gasteiger partial charge < -0.3 is 4.42 Å². The van der Waals surface area contributed by atoms with Crippen molar-refractivity contribution in [2.75, 3.05) is 0 Å². The molecule has 12 heavy (non-hydrogen) atoms. The van der Waals surface area contributed by atoms with Gasteiger partial charge in [-0.15, -0.1) is 0 Å². The second-order valence-electron chi connectivity index (χ2n) is 2.27. The summed E-state index contributed by atoms with van der Waals surface area (Å²) in [5.74, 6) is 0. The molecule has 2 aromatic rings. The van der Waals surface area contributed by atoms with E-state index >= 15 is 0 Å². The highest BCUT2D eigenvalue weighted by molar-refractivity contribution is 6.68. The van der Waals surface area contributed by atoms with Crippen molar-refractivity contribution in [3.05, 3.63) is 30.2 Å². The maximum Gasteiger partial charge on any atom is 0.257 e. The Balaban J connectivity index is 2.79. The first kappa shape index (κ1) is 7.31. The average molecular weight is 182 g/mol. The van der Waals surface area contributed by atoms with E-state index in [2.05, 4.69) is 4.98 Å². The minimum atomic E-state index is -0.549. The number of hydrogen-bond donors (Lipinski definition) is 0. The largest absolute Gasteiger partial charge is 0.462 e. The van der Waals surface area contributed by atoms with Crippen molar-refractivity contribution in [3.8, 4) is 0 Å². The van der Waals surface area contributed by atoms with Crippen LogP contribution in [-0.4, -0.2) is 10.2 Å². The van der Waals surface area contributed by atoms with Gasteiger partial charge in [0.1, 0.15) is 11.8 Å². The SMILES string of the molecule is O=C(Cl)c1coc2cccnc12. The summed E-state index contributed by atoms with van der Waals surface area (Å²) < 4.78 is 5.04. The highest BCUT2D eigenvalue weighted by Gasteiger charge is 2.11. The zero-order valence-corrected chi connectivity index (χ0v) is 6.71. The Labute approximate surface area is 73.0 Å². The predicted molar refractivity (Wildman–Crippen MR) is 44.2 cm³/mol. The third kappa shape index (κ3) is 0.987. The zero-order chi connectivity index (χ0) is 8.55. The molecule has 0 aliphatic heterocycles. The van der Waals surface area contributed by atoms with Crippen LogP contribution in [0.1, 0.15) is 10.4 Å². The van der Waals surface area contributed by atoms with Crippen molar-refractivity contribution >= 4 is 27.9 Å². The number of nitrogens with zero attached hydrogens (tertiary/aromatic N) is 1. The summed E-state index contributed by atoms with van der Waals surface area (Å²) in [6, 6.07) is 3.46. The lowest BCUT2D eigenvalue weighted by Gasteiger charge is -1.86. The Kier molecular flexibility index (Phi) is 1.59. The molecular weight excluding hydrogens is 178 g/mol. The smallest absolute Gasteiger partial charge is 0.257 e. The molecule has 0 atom stereocenters. The van der Waals surface area contributed by atoms with Gasteiger partial charge in [-0.1, -0.05) is 0 Å². The van der Waals surface area contributed by atoms with Crippen LogP contribution in [-0.2, 0) is 0 Å². The lowest BCUT2D eigenvalue weighted by Crippen LogP contribution is -1.86. The molecule has 4 heteroatoms. The average Bonchev–Trinajstić information content (AvgIpc) is 2.47. The highest BCUT2D eigenvalue weighted by atomic mass is 35.5. The van der Waals surface area contributed by atoms with Crippen LogP contribution in [0, 0.1) is 0 Å². The number of hydrogen-bond acceptors (Lipinski definition) is 3. The van der Waals surface area contributed by atoms with E-state index in [9.17, 15) is 4.79 Å². The van der Waals surface area contributed by atoms with E-state index in [1.807, 2.05) is 0 Å². The van der Waals surface area contributed by atoms with Crippen molar-refractivity contribution in [2.45, 2.75) is 0 Å². The maximum absolute atomic E-state index is 10.8. The fraction of sp³-hybridized carbons (Fsp3) is 0. The number of pyridine rings is 1. The van der Waals surface area contributed by atoms with E-state index in [0.717, 1.165) is 0 Å². The molecule has 0 aromatic carbocycles. The van der Waals surface area contributed by atoms with E-state index in [1.165, 1.54) is 6.26 Å². The van der Waals surface area contributed by atoms with Crippen molar-refractivity contribution in [1.82, 2.24) is 4.98 Å². The first-order valence-corrected chi connectivity index (χ1v) is 3.69. The number of furan rings is 1. The molecule has 0 bridgehead atoms. The third-order valence-electron chi connectivity index (χ3n) is 1.54. The molecule has 2 aromatic heterocycles. The summed E-state index contributed by atoms with van der Waals surface area (Å²) in [7, 11) is 0. The fourth-order valence-corrected chi connectivity index (χ4v) is 1.14. The molecule has 0 saturated carbocycles. The van der Waals surface area contributed by atoms with Crippen LogP contribution < -0.4 is 0 Å². The van der Waals surface area contributed by atoms with Gasteiger partial charge in [0, 0.05) is 6.20 Å². The van der Waals surface area contributed by atoms with Gasteiger partial charge in [0.15, 0.2) is 5.58 Å². The summed E-state index contributed by atoms with van der Waals surface area (Å²) in [5.41, 5.74) is 1.39. The Hall–Kier alpha value is -1.35. The van der Waals surface area contributed by atoms with Crippen molar-refractivity contribution in [2.24, 2.45) is 0 Å². The minimum absolute atomic E-state index is 0.312. The molecular formula is C8H4ClNO2.